The summed E-state index contributed by atoms with van der Waals surface area (Å²) in [5.41, 5.74) is 3.18. The molecule has 3 rings (SSSR count). The minimum Gasteiger partial charge on any atom is -0.465 e. The van der Waals surface area contributed by atoms with Gasteiger partial charge in [-0.15, -0.1) is 0 Å². The van der Waals surface area contributed by atoms with Crippen molar-refractivity contribution in [1.29, 1.82) is 0 Å². The summed E-state index contributed by atoms with van der Waals surface area (Å²) in [6.07, 6.45) is 1.88. The Morgan fingerprint density at radius 2 is 1.96 bits per heavy atom. The number of hydrogen-bond acceptors (Lipinski definition) is 2. The van der Waals surface area contributed by atoms with E-state index < -0.39 is 0 Å². The molecule has 3 aromatic rings. The van der Waals surface area contributed by atoms with Crippen LogP contribution in [0.1, 0.15) is 25.3 Å². The van der Waals surface area contributed by atoms with Crippen molar-refractivity contribution >= 4 is 28.5 Å². The Balaban J connectivity index is 2.00. The smallest absolute Gasteiger partial charge is 0.310 e. The van der Waals surface area contributed by atoms with Crippen LogP contribution in [0.15, 0.2) is 42.5 Å². The first kappa shape index (κ1) is 17.5. The van der Waals surface area contributed by atoms with E-state index in [-0.39, 0.29) is 18.2 Å². The fraction of sp³-hybridized carbons (Fsp3) is 0.250. The topological polar surface area (TPSA) is 42.1 Å². The lowest BCUT2D eigenvalue weighted by Crippen LogP contribution is -2.09. The Morgan fingerprint density at radius 3 is 2.68 bits per heavy atom. The minimum atomic E-state index is -0.338. The quantitative estimate of drug-likeness (QED) is 0.465. The maximum atomic E-state index is 13.7. The molecule has 130 valence electrons. The molecule has 0 saturated heterocycles. The number of benzene rings is 2. The number of ether oxygens (including phenoxy) is 1. The van der Waals surface area contributed by atoms with E-state index in [9.17, 15) is 9.18 Å². The van der Waals surface area contributed by atoms with Gasteiger partial charge in [-0.05, 0) is 47.9 Å². The lowest BCUT2D eigenvalue weighted by atomic mass is 10.0. The molecule has 0 atom stereocenters. The summed E-state index contributed by atoms with van der Waals surface area (Å²) in [4.78, 5) is 15.5. The lowest BCUT2D eigenvalue weighted by Gasteiger charge is -2.07. The second-order valence-corrected chi connectivity index (χ2v) is 6.36. The van der Waals surface area contributed by atoms with E-state index in [2.05, 4.69) is 4.98 Å². The summed E-state index contributed by atoms with van der Waals surface area (Å²) in [5, 5.41) is 1.32. The van der Waals surface area contributed by atoms with Gasteiger partial charge in [-0.2, -0.15) is 0 Å². The number of aromatic nitrogens is 1. The van der Waals surface area contributed by atoms with Crippen molar-refractivity contribution < 1.29 is 13.9 Å². The molecule has 0 amide bonds. The zero-order valence-corrected chi connectivity index (χ0v) is 14.7. The number of nitrogens with one attached hydrogen (secondary N) is 1. The van der Waals surface area contributed by atoms with Crippen LogP contribution in [0.3, 0.4) is 0 Å². The molecule has 0 unspecified atom stereocenters. The molecule has 0 aliphatic carbocycles. The summed E-state index contributed by atoms with van der Waals surface area (Å²) in [6, 6.07) is 11.8. The summed E-state index contributed by atoms with van der Waals surface area (Å²) >= 11 is 5.96. The third-order valence-corrected chi connectivity index (χ3v) is 4.34. The molecule has 1 aromatic heterocycles. The Hall–Kier alpha value is -2.33. The maximum Gasteiger partial charge on any atom is 0.310 e. The number of carbonyl (C=O) groups is 1. The van der Waals surface area contributed by atoms with Gasteiger partial charge in [-0.1, -0.05) is 37.1 Å². The molecule has 5 heteroatoms. The van der Waals surface area contributed by atoms with Gasteiger partial charge in [0.05, 0.1) is 18.7 Å². The summed E-state index contributed by atoms with van der Waals surface area (Å²) in [6.45, 7) is 2.44. The average molecular weight is 360 g/mol. The van der Waals surface area contributed by atoms with Crippen molar-refractivity contribution in [3.63, 3.8) is 0 Å². The van der Waals surface area contributed by atoms with E-state index >= 15 is 0 Å². The van der Waals surface area contributed by atoms with Crippen LogP contribution in [0, 0.1) is 5.82 Å². The van der Waals surface area contributed by atoms with Crippen LogP contribution in [0.4, 0.5) is 4.39 Å². The summed E-state index contributed by atoms with van der Waals surface area (Å²) in [5.74, 6) is -0.649. The number of H-pyrrole nitrogens is 1. The number of aromatic amines is 1. The largest absolute Gasteiger partial charge is 0.465 e. The molecule has 25 heavy (non-hydrogen) atoms. The number of hydrogen-bond donors (Lipinski definition) is 1. The zero-order chi connectivity index (χ0) is 17.8. The highest BCUT2D eigenvalue weighted by Gasteiger charge is 2.17. The molecular weight excluding hydrogens is 341 g/mol. The van der Waals surface area contributed by atoms with Crippen LogP contribution in [0.25, 0.3) is 22.2 Å². The van der Waals surface area contributed by atoms with Crippen LogP contribution in [-0.2, 0) is 16.0 Å². The minimum absolute atomic E-state index is 0.0884. The molecule has 0 aliphatic heterocycles. The molecule has 1 N–H and O–H groups in total. The highest BCUT2D eigenvalue weighted by atomic mass is 35.5. The number of esters is 1. The number of carbonyl (C=O) groups excluding carboxylic acids is 1. The summed E-state index contributed by atoms with van der Waals surface area (Å²) in [7, 11) is 0. The molecule has 0 aliphatic rings. The van der Waals surface area contributed by atoms with Crippen molar-refractivity contribution in [1.82, 2.24) is 4.98 Å². The van der Waals surface area contributed by atoms with Gasteiger partial charge >= 0.3 is 5.97 Å². The van der Waals surface area contributed by atoms with E-state index in [4.69, 9.17) is 16.3 Å². The van der Waals surface area contributed by atoms with Gasteiger partial charge in [0, 0.05) is 15.9 Å². The Kier molecular flexibility index (Phi) is 5.39. The first-order chi connectivity index (χ1) is 12.1. The Labute approximate surface area is 150 Å². The van der Waals surface area contributed by atoms with Crippen LogP contribution < -0.4 is 0 Å². The van der Waals surface area contributed by atoms with E-state index in [1.807, 2.05) is 19.1 Å². The third kappa shape index (κ3) is 4.02. The first-order valence-electron chi connectivity index (χ1n) is 8.30. The molecule has 0 radical (unpaired) electrons. The lowest BCUT2D eigenvalue weighted by molar-refractivity contribution is -0.142. The average Bonchev–Trinajstić information content (AvgIpc) is 2.94. The second-order valence-electron chi connectivity index (χ2n) is 5.93. The van der Waals surface area contributed by atoms with Gasteiger partial charge in [0.2, 0.25) is 0 Å². The third-order valence-electron chi connectivity index (χ3n) is 4.08. The standard InChI is InChI=1S/C20H19ClFNO2/c1-2-3-10-25-19(24)12-17-16-11-15(22)8-9-18(16)23-20(17)13-4-6-14(21)7-5-13/h4-9,11,23H,2-3,10,12H2,1H3. The van der Waals surface area contributed by atoms with E-state index in [0.29, 0.717) is 17.0 Å². The molecule has 0 saturated carbocycles. The molecular formula is C20H19ClFNO2. The van der Waals surface area contributed by atoms with Crippen molar-refractivity contribution in [2.45, 2.75) is 26.2 Å². The maximum absolute atomic E-state index is 13.7. The predicted molar refractivity (Wildman–Crippen MR) is 98.3 cm³/mol. The number of halogens is 2. The molecule has 0 spiro atoms. The molecule has 0 bridgehead atoms. The van der Waals surface area contributed by atoms with Crippen molar-refractivity contribution in [3.05, 3.63) is 58.9 Å². The van der Waals surface area contributed by atoms with Gasteiger partial charge in [-0.3, -0.25) is 4.79 Å². The molecule has 3 nitrogen and oxygen atoms in total. The van der Waals surface area contributed by atoms with Gasteiger partial charge in [0.15, 0.2) is 0 Å². The second kappa shape index (κ2) is 7.70. The monoisotopic (exact) mass is 359 g/mol. The van der Waals surface area contributed by atoms with Crippen LogP contribution in [0.2, 0.25) is 5.02 Å². The van der Waals surface area contributed by atoms with E-state index in [1.54, 1.807) is 18.2 Å². The highest BCUT2D eigenvalue weighted by molar-refractivity contribution is 6.30. The van der Waals surface area contributed by atoms with Gasteiger partial charge in [0.1, 0.15) is 5.82 Å². The SMILES string of the molecule is CCCCOC(=O)Cc1c(-c2ccc(Cl)cc2)[nH]c2ccc(F)cc12. The zero-order valence-electron chi connectivity index (χ0n) is 13.9. The number of unbranched alkanes of at least 4 members (excludes halogenated alkanes) is 1. The number of rotatable bonds is 6. The normalized spacial score (nSPS) is 11.0. The van der Waals surface area contributed by atoms with E-state index in [0.717, 1.165) is 35.2 Å². The van der Waals surface area contributed by atoms with Crippen molar-refractivity contribution in [2.24, 2.45) is 0 Å². The predicted octanol–water partition coefficient (Wildman–Crippen LogP) is 5.51. The summed E-state index contributed by atoms with van der Waals surface area (Å²) < 4.78 is 19.0. The molecule has 2 aromatic carbocycles. The molecule has 0 fully saturated rings. The van der Waals surface area contributed by atoms with Gasteiger partial charge < -0.3 is 9.72 Å². The Bertz CT molecular complexity index is 887. The number of fused-ring (bicyclic) bond motifs is 1. The van der Waals surface area contributed by atoms with Crippen LogP contribution >= 0.6 is 11.6 Å². The highest BCUT2D eigenvalue weighted by Crippen LogP contribution is 2.32. The van der Waals surface area contributed by atoms with E-state index in [1.165, 1.54) is 12.1 Å². The van der Waals surface area contributed by atoms with Crippen LogP contribution in [0.5, 0.6) is 0 Å². The fourth-order valence-electron chi connectivity index (χ4n) is 2.79. The van der Waals surface area contributed by atoms with Gasteiger partial charge in [-0.25, -0.2) is 4.39 Å². The Morgan fingerprint density at radius 1 is 1.20 bits per heavy atom. The van der Waals surface area contributed by atoms with Crippen molar-refractivity contribution in [2.75, 3.05) is 6.61 Å². The van der Waals surface area contributed by atoms with Gasteiger partial charge in [0.25, 0.3) is 0 Å². The fourth-order valence-corrected chi connectivity index (χ4v) is 2.92. The van der Waals surface area contributed by atoms with Crippen molar-refractivity contribution in [3.8, 4) is 11.3 Å². The first-order valence-corrected chi connectivity index (χ1v) is 8.68. The van der Waals surface area contributed by atoms with Crippen LogP contribution in [-0.4, -0.2) is 17.6 Å². The molecule has 1 heterocycles.